The lowest BCUT2D eigenvalue weighted by molar-refractivity contribution is 0.566. The van der Waals surface area contributed by atoms with Gasteiger partial charge in [0.1, 0.15) is 0 Å². The van der Waals surface area contributed by atoms with E-state index in [-0.39, 0.29) is 11.5 Å². The molecule has 0 aliphatic rings. The van der Waals surface area contributed by atoms with Gasteiger partial charge in [-0.15, -0.1) is 5.92 Å². The van der Waals surface area contributed by atoms with Gasteiger partial charge in [-0.25, -0.2) is 0 Å². The van der Waals surface area contributed by atoms with Crippen LogP contribution in [0.4, 0.5) is 0 Å². The molecule has 1 rings (SSSR count). The van der Waals surface area contributed by atoms with Crippen molar-refractivity contribution in [1.82, 2.24) is 5.32 Å². The normalized spacial score (nSPS) is 12.8. The second-order valence-electron chi connectivity index (χ2n) is 5.61. The SMILES string of the molecule is CNC(CC#CC(C)(C)C)c1ccc(C)c(Br)c1. The highest BCUT2D eigenvalue weighted by atomic mass is 79.9. The summed E-state index contributed by atoms with van der Waals surface area (Å²) in [5, 5.41) is 3.33. The van der Waals surface area contributed by atoms with Crippen LogP contribution in [0.1, 0.15) is 44.4 Å². The second kappa shape index (κ2) is 6.41. The summed E-state index contributed by atoms with van der Waals surface area (Å²) in [7, 11) is 1.98. The molecule has 0 amide bonds. The van der Waals surface area contributed by atoms with Crippen LogP contribution in [0.15, 0.2) is 22.7 Å². The minimum Gasteiger partial charge on any atom is -0.312 e. The Kier molecular flexibility index (Phi) is 5.44. The van der Waals surface area contributed by atoms with Gasteiger partial charge in [0.05, 0.1) is 0 Å². The van der Waals surface area contributed by atoms with Gasteiger partial charge in [-0.3, -0.25) is 0 Å². The van der Waals surface area contributed by atoms with Gasteiger partial charge < -0.3 is 5.32 Å². The Morgan fingerprint density at radius 1 is 1.33 bits per heavy atom. The van der Waals surface area contributed by atoms with Crippen LogP contribution in [0, 0.1) is 24.2 Å². The molecule has 0 aliphatic heterocycles. The zero-order valence-electron chi connectivity index (χ0n) is 11.9. The van der Waals surface area contributed by atoms with E-state index in [1.807, 2.05) is 7.05 Å². The maximum atomic E-state index is 3.58. The van der Waals surface area contributed by atoms with Crippen LogP contribution in [0.3, 0.4) is 0 Å². The molecule has 0 bridgehead atoms. The summed E-state index contributed by atoms with van der Waals surface area (Å²) in [6.45, 7) is 8.51. The van der Waals surface area contributed by atoms with Crippen LogP contribution in [-0.2, 0) is 0 Å². The van der Waals surface area contributed by atoms with E-state index in [2.05, 4.69) is 79.0 Å². The van der Waals surface area contributed by atoms with Crippen molar-refractivity contribution < 1.29 is 0 Å². The third kappa shape index (κ3) is 4.84. The van der Waals surface area contributed by atoms with Crippen LogP contribution in [-0.4, -0.2) is 7.05 Å². The lowest BCUT2D eigenvalue weighted by Gasteiger charge is -2.15. The number of hydrogen-bond donors (Lipinski definition) is 1. The van der Waals surface area contributed by atoms with E-state index >= 15 is 0 Å². The fraction of sp³-hybridized carbons (Fsp3) is 0.500. The van der Waals surface area contributed by atoms with E-state index in [1.54, 1.807) is 0 Å². The van der Waals surface area contributed by atoms with Crippen LogP contribution >= 0.6 is 15.9 Å². The lowest BCUT2D eigenvalue weighted by Crippen LogP contribution is -2.16. The fourth-order valence-corrected chi connectivity index (χ4v) is 2.03. The summed E-state index contributed by atoms with van der Waals surface area (Å²) in [5.74, 6) is 6.56. The molecule has 1 unspecified atom stereocenters. The van der Waals surface area contributed by atoms with Crippen molar-refractivity contribution in [3.05, 3.63) is 33.8 Å². The van der Waals surface area contributed by atoms with Crippen LogP contribution in [0.2, 0.25) is 0 Å². The zero-order valence-corrected chi connectivity index (χ0v) is 13.5. The van der Waals surface area contributed by atoms with Gasteiger partial charge in [-0.05, 0) is 51.9 Å². The average Bonchev–Trinajstić information content (AvgIpc) is 2.27. The first-order valence-corrected chi connectivity index (χ1v) is 7.06. The standard InChI is InChI=1S/C16H22BrN/c1-12-8-9-13(11-14(12)17)15(18-5)7-6-10-16(2,3)4/h8-9,11,15,18H,7H2,1-5H3. The molecule has 0 spiro atoms. The topological polar surface area (TPSA) is 12.0 Å². The van der Waals surface area contributed by atoms with E-state index < -0.39 is 0 Å². The number of aryl methyl sites for hydroxylation is 1. The molecule has 1 nitrogen and oxygen atoms in total. The minimum absolute atomic E-state index is 0.0755. The molecular formula is C16H22BrN. The fourth-order valence-electron chi connectivity index (χ4n) is 1.63. The van der Waals surface area contributed by atoms with E-state index in [4.69, 9.17) is 0 Å². The van der Waals surface area contributed by atoms with Crippen molar-refractivity contribution in [3.63, 3.8) is 0 Å². The Morgan fingerprint density at radius 3 is 2.50 bits per heavy atom. The molecule has 0 fully saturated rings. The van der Waals surface area contributed by atoms with Gasteiger partial charge in [0.25, 0.3) is 0 Å². The molecule has 98 valence electrons. The lowest BCUT2D eigenvalue weighted by atomic mass is 9.96. The molecule has 1 atom stereocenters. The third-order valence-electron chi connectivity index (χ3n) is 2.72. The van der Waals surface area contributed by atoms with Gasteiger partial charge >= 0.3 is 0 Å². The van der Waals surface area contributed by atoms with Crippen LogP contribution in [0.25, 0.3) is 0 Å². The summed E-state index contributed by atoms with van der Waals surface area (Å²) < 4.78 is 1.16. The Bertz CT molecular complexity index is 460. The van der Waals surface area contributed by atoms with E-state index in [1.165, 1.54) is 11.1 Å². The Morgan fingerprint density at radius 2 is 2.00 bits per heavy atom. The maximum Gasteiger partial charge on any atom is 0.0428 e. The van der Waals surface area contributed by atoms with Crippen LogP contribution in [0.5, 0.6) is 0 Å². The monoisotopic (exact) mass is 307 g/mol. The predicted molar refractivity (Wildman–Crippen MR) is 82.5 cm³/mol. The number of halogens is 1. The molecule has 1 aromatic carbocycles. The van der Waals surface area contributed by atoms with Gasteiger partial charge in [-0.1, -0.05) is 34.0 Å². The van der Waals surface area contributed by atoms with Crippen LogP contribution < -0.4 is 5.32 Å². The van der Waals surface area contributed by atoms with Crippen molar-refractivity contribution in [1.29, 1.82) is 0 Å². The first-order chi connectivity index (χ1) is 8.33. The highest BCUT2D eigenvalue weighted by Gasteiger charge is 2.09. The molecule has 0 saturated carbocycles. The minimum atomic E-state index is 0.0755. The molecular weight excluding hydrogens is 286 g/mol. The molecule has 1 aromatic rings. The first-order valence-electron chi connectivity index (χ1n) is 6.27. The summed E-state index contributed by atoms with van der Waals surface area (Å²) in [5.41, 5.74) is 2.61. The van der Waals surface area contributed by atoms with Crippen molar-refractivity contribution in [2.24, 2.45) is 5.41 Å². The molecule has 0 saturated heterocycles. The van der Waals surface area contributed by atoms with E-state index in [0.717, 1.165) is 10.9 Å². The highest BCUT2D eigenvalue weighted by molar-refractivity contribution is 9.10. The number of nitrogens with one attached hydrogen (secondary N) is 1. The molecule has 18 heavy (non-hydrogen) atoms. The van der Waals surface area contributed by atoms with Gasteiger partial charge in [0.2, 0.25) is 0 Å². The summed E-state index contributed by atoms with van der Waals surface area (Å²) >= 11 is 3.58. The van der Waals surface area contributed by atoms with Crippen molar-refractivity contribution in [2.75, 3.05) is 7.05 Å². The highest BCUT2D eigenvalue weighted by Crippen LogP contribution is 2.23. The molecule has 0 heterocycles. The molecule has 1 N–H and O–H groups in total. The summed E-state index contributed by atoms with van der Waals surface area (Å²) in [6.07, 6.45) is 0.837. The number of rotatable bonds is 3. The summed E-state index contributed by atoms with van der Waals surface area (Å²) in [6, 6.07) is 6.77. The molecule has 0 radical (unpaired) electrons. The van der Waals surface area contributed by atoms with E-state index in [9.17, 15) is 0 Å². The molecule has 0 aliphatic carbocycles. The second-order valence-corrected chi connectivity index (χ2v) is 6.46. The smallest absolute Gasteiger partial charge is 0.0428 e. The maximum absolute atomic E-state index is 3.58. The average molecular weight is 308 g/mol. The predicted octanol–water partition coefficient (Wildman–Crippen LogP) is 4.46. The molecule has 0 aromatic heterocycles. The van der Waals surface area contributed by atoms with Gasteiger partial charge in [0, 0.05) is 22.4 Å². The largest absolute Gasteiger partial charge is 0.312 e. The van der Waals surface area contributed by atoms with Crippen molar-refractivity contribution in [2.45, 2.75) is 40.2 Å². The Hall–Kier alpha value is -0.780. The Labute approximate surface area is 119 Å². The summed E-state index contributed by atoms with van der Waals surface area (Å²) in [4.78, 5) is 0. The number of hydrogen-bond acceptors (Lipinski definition) is 1. The first kappa shape index (κ1) is 15.3. The third-order valence-corrected chi connectivity index (χ3v) is 3.57. The van der Waals surface area contributed by atoms with Crippen molar-refractivity contribution >= 4 is 15.9 Å². The Balaban J connectivity index is 2.82. The van der Waals surface area contributed by atoms with Crippen molar-refractivity contribution in [3.8, 4) is 11.8 Å². The molecule has 2 heteroatoms. The zero-order chi connectivity index (χ0) is 13.8. The number of benzene rings is 1. The van der Waals surface area contributed by atoms with Gasteiger partial charge in [-0.2, -0.15) is 0 Å². The van der Waals surface area contributed by atoms with Gasteiger partial charge in [0.15, 0.2) is 0 Å². The van der Waals surface area contributed by atoms with E-state index in [0.29, 0.717) is 0 Å². The quantitative estimate of drug-likeness (QED) is 0.813.